The van der Waals surface area contributed by atoms with E-state index in [4.69, 9.17) is 0 Å². The largest absolute Gasteiger partial charge is 0.322 e. The second-order valence-corrected chi connectivity index (χ2v) is 10.5. The van der Waals surface area contributed by atoms with Crippen LogP contribution in [0.1, 0.15) is 78.5 Å². The lowest BCUT2D eigenvalue weighted by Gasteiger charge is -2.30. The zero-order chi connectivity index (χ0) is 23.7. The van der Waals surface area contributed by atoms with Crippen LogP contribution < -0.4 is 5.56 Å². The summed E-state index contributed by atoms with van der Waals surface area (Å²) in [4.78, 5) is 19.9. The minimum atomic E-state index is -0.0288. The van der Waals surface area contributed by atoms with E-state index in [1.165, 1.54) is 23.3 Å². The molecule has 1 unspecified atom stereocenters. The smallest absolute Gasteiger partial charge is 0.252 e. The molecule has 1 aromatic carbocycles. The molecular formula is C26H32N6OS. The SMILES string of the molecule is CCC(c1nnnn1C1CCCC1)N(Cc1cccs1)Cc1cc2c(C)cc(C)cc2[nH]c1=O. The molecule has 1 atom stereocenters. The number of aryl methyl sites for hydroxylation is 2. The first kappa shape index (κ1) is 22.9. The number of hydrogen-bond acceptors (Lipinski definition) is 6. The number of thiophene rings is 1. The molecule has 1 aliphatic carbocycles. The van der Waals surface area contributed by atoms with Crippen molar-refractivity contribution in [3.63, 3.8) is 0 Å². The summed E-state index contributed by atoms with van der Waals surface area (Å²) in [5, 5.41) is 16.2. The van der Waals surface area contributed by atoms with Gasteiger partial charge in [-0.2, -0.15) is 0 Å². The first-order valence-electron chi connectivity index (χ1n) is 12.2. The first-order chi connectivity index (χ1) is 16.5. The molecule has 0 aliphatic heterocycles. The summed E-state index contributed by atoms with van der Waals surface area (Å²) in [6, 6.07) is 10.9. The maximum absolute atomic E-state index is 13.1. The minimum Gasteiger partial charge on any atom is -0.322 e. The zero-order valence-corrected chi connectivity index (χ0v) is 20.9. The summed E-state index contributed by atoms with van der Waals surface area (Å²) >= 11 is 1.74. The van der Waals surface area contributed by atoms with Crippen molar-refractivity contribution < 1.29 is 0 Å². The van der Waals surface area contributed by atoms with Gasteiger partial charge in [-0.05, 0) is 78.2 Å². The first-order valence-corrected chi connectivity index (χ1v) is 13.1. The number of hydrogen-bond donors (Lipinski definition) is 1. The number of aromatic amines is 1. The minimum absolute atomic E-state index is 0.0203. The summed E-state index contributed by atoms with van der Waals surface area (Å²) in [6.07, 6.45) is 5.57. The zero-order valence-electron chi connectivity index (χ0n) is 20.1. The molecule has 0 saturated heterocycles. The number of benzene rings is 1. The third-order valence-electron chi connectivity index (χ3n) is 7.02. The summed E-state index contributed by atoms with van der Waals surface area (Å²) in [6.45, 7) is 7.62. The number of aromatic nitrogens is 5. The van der Waals surface area contributed by atoms with Crippen molar-refractivity contribution in [3.8, 4) is 0 Å². The molecule has 0 amide bonds. The van der Waals surface area contributed by atoms with E-state index in [-0.39, 0.29) is 11.6 Å². The number of H-pyrrole nitrogens is 1. The molecule has 0 radical (unpaired) electrons. The van der Waals surface area contributed by atoms with Crippen LogP contribution in [-0.2, 0) is 13.1 Å². The van der Waals surface area contributed by atoms with Gasteiger partial charge >= 0.3 is 0 Å². The van der Waals surface area contributed by atoms with Crippen LogP contribution in [0.2, 0.25) is 0 Å². The van der Waals surface area contributed by atoms with E-state index in [2.05, 4.69) is 80.5 Å². The third kappa shape index (κ3) is 4.57. The van der Waals surface area contributed by atoms with E-state index in [1.807, 2.05) is 6.07 Å². The Morgan fingerprint density at radius 2 is 2.03 bits per heavy atom. The molecular weight excluding hydrogens is 444 g/mol. The molecule has 1 fully saturated rings. The lowest BCUT2D eigenvalue weighted by atomic mass is 10.0. The monoisotopic (exact) mass is 476 g/mol. The molecule has 3 heterocycles. The van der Waals surface area contributed by atoms with Crippen molar-refractivity contribution in [3.05, 3.63) is 73.5 Å². The maximum Gasteiger partial charge on any atom is 0.252 e. The number of rotatable bonds is 8. The van der Waals surface area contributed by atoms with E-state index in [1.54, 1.807) is 11.3 Å². The summed E-state index contributed by atoms with van der Waals surface area (Å²) in [5.74, 6) is 0.912. The van der Waals surface area contributed by atoms with Gasteiger partial charge in [0.2, 0.25) is 0 Å². The fourth-order valence-electron chi connectivity index (χ4n) is 5.36. The van der Waals surface area contributed by atoms with Crippen LogP contribution in [0.3, 0.4) is 0 Å². The molecule has 5 rings (SSSR count). The van der Waals surface area contributed by atoms with Gasteiger partial charge in [0.05, 0.1) is 12.1 Å². The predicted octanol–water partition coefficient (Wildman–Crippen LogP) is 5.46. The lowest BCUT2D eigenvalue weighted by molar-refractivity contribution is 0.159. The van der Waals surface area contributed by atoms with Gasteiger partial charge in [0.1, 0.15) is 0 Å². The van der Waals surface area contributed by atoms with Crippen LogP contribution in [0.4, 0.5) is 0 Å². The van der Waals surface area contributed by atoms with Crippen molar-refractivity contribution in [1.29, 1.82) is 0 Å². The van der Waals surface area contributed by atoms with Crippen LogP contribution in [0.5, 0.6) is 0 Å². The Labute approximate surface area is 203 Å². The highest BCUT2D eigenvalue weighted by atomic mass is 32.1. The Morgan fingerprint density at radius 3 is 2.76 bits per heavy atom. The molecule has 1 N–H and O–H groups in total. The normalized spacial score (nSPS) is 15.5. The fourth-order valence-corrected chi connectivity index (χ4v) is 6.09. The van der Waals surface area contributed by atoms with E-state index >= 15 is 0 Å². The van der Waals surface area contributed by atoms with Gasteiger partial charge in [0, 0.05) is 34.4 Å². The van der Waals surface area contributed by atoms with Crippen LogP contribution in [-0.4, -0.2) is 30.1 Å². The molecule has 8 heteroatoms. The fraction of sp³-hybridized carbons (Fsp3) is 0.462. The Hall–Kier alpha value is -2.84. The van der Waals surface area contributed by atoms with Gasteiger partial charge in [0.25, 0.3) is 5.56 Å². The third-order valence-corrected chi connectivity index (χ3v) is 7.88. The highest BCUT2D eigenvalue weighted by molar-refractivity contribution is 7.09. The molecule has 1 saturated carbocycles. The highest BCUT2D eigenvalue weighted by Gasteiger charge is 2.30. The summed E-state index contributed by atoms with van der Waals surface area (Å²) < 4.78 is 2.06. The number of nitrogens with zero attached hydrogens (tertiary/aromatic N) is 5. The van der Waals surface area contributed by atoms with Crippen molar-refractivity contribution in [2.45, 2.75) is 78.0 Å². The Balaban J connectivity index is 1.53. The van der Waals surface area contributed by atoms with Crippen LogP contribution in [0, 0.1) is 13.8 Å². The van der Waals surface area contributed by atoms with Gasteiger partial charge in [0.15, 0.2) is 5.82 Å². The summed E-state index contributed by atoms with van der Waals surface area (Å²) in [5.41, 5.74) is 3.97. The predicted molar refractivity (Wildman–Crippen MR) is 136 cm³/mol. The van der Waals surface area contributed by atoms with E-state index < -0.39 is 0 Å². The number of nitrogens with one attached hydrogen (secondary N) is 1. The second-order valence-electron chi connectivity index (χ2n) is 9.50. The van der Waals surface area contributed by atoms with Crippen LogP contribution in [0.15, 0.2) is 40.5 Å². The van der Waals surface area contributed by atoms with Gasteiger partial charge in [-0.3, -0.25) is 9.69 Å². The van der Waals surface area contributed by atoms with E-state index in [9.17, 15) is 4.79 Å². The lowest BCUT2D eigenvalue weighted by Crippen LogP contribution is -2.32. The molecule has 178 valence electrons. The van der Waals surface area contributed by atoms with Gasteiger partial charge in [-0.1, -0.05) is 31.9 Å². The van der Waals surface area contributed by atoms with Crippen molar-refractivity contribution >= 4 is 22.2 Å². The topological polar surface area (TPSA) is 79.7 Å². The average molecular weight is 477 g/mol. The quantitative estimate of drug-likeness (QED) is 0.365. The van der Waals surface area contributed by atoms with Crippen LogP contribution in [0.25, 0.3) is 10.9 Å². The Bertz CT molecular complexity index is 1320. The van der Waals surface area contributed by atoms with E-state index in [0.717, 1.165) is 53.7 Å². The molecule has 7 nitrogen and oxygen atoms in total. The standard InChI is InChI=1S/C26H32N6OS/c1-4-24(25-28-29-30-32(25)20-8-5-6-9-20)31(16-21-10-7-11-34-21)15-19-14-22-18(3)12-17(2)13-23(22)27-26(19)33/h7,10-14,20,24H,4-6,8-9,15-16H2,1-3H3,(H,27,33). The van der Waals surface area contributed by atoms with Gasteiger partial charge < -0.3 is 4.98 Å². The number of fused-ring (bicyclic) bond motifs is 1. The average Bonchev–Trinajstić information content (AvgIpc) is 3.58. The molecule has 0 bridgehead atoms. The van der Waals surface area contributed by atoms with Crippen molar-refractivity contribution in [1.82, 2.24) is 30.1 Å². The maximum atomic E-state index is 13.1. The van der Waals surface area contributed by atoms with Crippen molar-refractivity contribution in [2.75, 3.05) is 0 Å². The van der Waals surface area contributed by atoms with Crippen LogP contribution >= 0.6 is 11.3 Å². The van der Waals surface area contributed by atoms with Crippen molar-refractivity contribution in [2.24, 2.45) is 0 Å². The number of tetrazole rings is 1. The molecule has 1 aliphatic rings. The van der Waals surface area contributed by atoms with Gasteiger partial charge in [-0.15, -0.1) is 16.4 Å². The number of pyridine rings is 1. The van der Waals surface area contributed by atoms with Gasteiger partial charge in [-0.25, -0.2) is 4.68 Å². The second kappa shape index (κ2) is 9.80. The molecule has 4 aromatic rings. The molecule has 34 heavy (non-hydrogen) atoms. The van der Waals surface area contributed by atoms with E-state index in [0.29, 0.717) is 12.6 Å². The highest BCUT2D eigenvalue weighted by Crippen LogP contribution is 2.34. The Morgan fingerprint density at radius 1 is 1.21 bits per heavy atom. The summed E-state index contributed by atoms with van der Waals surface area (Å²) in [7, 11) is 0. The molecule has 3 aromatic heterocycles. The Kier molecular flexibility index (Phi) is 6.61. The molecule has 0 spiro atoms.